The van der Waals surface area contributed by atoms with Gasteiger partial charge in [-0.3, -0.25) is 19.2 Å². The molecule has 0 aromatic heterocycles. The lowest BCUT2D eigenvalue weighted by atomic mass is 10.00. The van der Waals surface area contributed by atoms with E-state index < -0.39 is 23.6 Å². The molecule has 1 amide bonds. The highest BCUT2D eigenvalue weighted by atomic mass is 35.5. The lowest BCUT2D eigenvalue weighted by molar-refractivity contribution is -0.137. The Labute approximate surface area is 164 Å². The summed E-state index contributed by atoms with van der Waals surface area (Å²) in [5, 5.41) is 29.6. The third-order valence-electron chi connectivity index (χ3n) is 3.90. The number of hydrogen-bond donors (Lipinski definition) is 4. The molecule has 1 heterocycles. The Morgan fingerprint density at radius 1 is 1.00 bits per heavy atom. The van der Waals surface area contributed by atoms with Crippen LogP contribution in [0.15, 0.2) is 30.3 Å². The van der Waals surface area contributed by atoms with Crippen LogP contribution in [-0.4, -0.2) is 38.9 Å². The normalized spacial score (nSPS) is 11.9. The first kappa shape index (κ1) is 20.9. The summed E-state index contributed by atoms with van der Waals surface area (Å²) in [6, 6.07) is 7.53. The van der Waals surface area contributed by atoms with Crippen LogP contribution in [0.25, 0.3) is 0 Å². The molecule has 9 heteroatoms. The molecular weight excluding hydrogens is 390 g/mol. The molecule has 4 N–H and O–H groups in total. The molecule has 0 saturated heterocycles. The maximum Gasteiger partial charge on any atom is 0.307 e. The molecule has 8 nitrogen and oxygen atoms in total. The minimum absolute atomic E-state index is 0.177. The number of ketones is 1. The van der Waals surface area contributed by atoms with Gasteiger partial charge in [0.25, 0.3) is 11.7 Å². The maximum absolute atomic E-state index is 11.1. The Hall–Kier alpha value is -3.39. The van der Waals surface area contributed by atoms with E-state index in [0.29, 0.717) is 33.0 Å². The molecular formula is C19H16ClNO7. The summed E-state index contributed by atoms with van der Waals surface area (Å²) in [6.07, 6.45) is -0.466. The van der Waals surface area contributed by atoms with E-state index in [1.165, 1.54) is 18.2 Å². The van der Waals surface area contributed by atoms with E-state index in [2.05, 4.69) is 5.32 Å². The quantitative estimate of drug-likeness (QED) is 0.572. The van der Waals surface area contributed by atoms with Crippen molar-refractivity contribution in [3.8, 4) is 5.75 Å². The highest BCUT2D eigenvalue weighted by Crippen LogP contribution is 2.25. The topological polar surface area (TPSA) is 141 Å². The molecule has 0 unspecified atom stereocenters. The number of phenolic OH excluding ortho intramolecular Hbond substituents is 1. The maximum atomic E-state index is 11.1. The van der Waals surface area contributed by atoms with Gasteiger partial charge in [0.2, 0.25) is 0 Å². The number of halogens is 1. The van der Waals surface area contributed by atoms with Crippen LogP contribution in [0.3, 0.4) is 0 Å². The molecule has 0 bridgehead atoms. The SMILES string of the molecule is Cc1cc(CC(=O)O)c(O)cc1CC(=O)O.O=C1Nc2ccc(Cl)cc2C1=O. The van der Waals surface area contributed by atoms with Crippen molar-refractivity contribution in [3.63, 3.8) is 0 Å². The molecule has 28 heavy (non-hydrogen) atoms. The number of phenols is 1. The third-order valence-corrected chi connectivity index (χ3v) is 4.14. The lowest BCUT2D eigenvalue weighted by Crippen LogP contribution is -2.12. The van der Waals surface area contributed by atoms with Crippen molar-refractivity contribution in [1.82, 2.24) is 0 Å². The number of fused-ring (bicyclic) bond motifs is 1. The van der Waals surface area contributed by atoms with Gasteiger partial charge in [-0.05, 0) is 42.3 Å². The number of nitrogens with one attached hydrogen (secondary N) is 1. The molecule has 2 aromatic carbocycles. The summed E-state index contributed by atoms with van der Waals surface area (Å²) in [4.78, 5) is 42.9. The molecule has 0 atom stereocenters. The number of amides is 1. The van der Waals surface area contributed by atoms with Crippen molar-refractivity contribution in [1.29, 1.82) is 0 Å². The van der Waals surface area contributed by atoms with Gasteiger partial charge in [-0.25, -0.2) is 0 Å². The Morgan fingerprint density at radius 3 is 2.21 bits per heavy atom. The van der Waals surface area contributed by atoms with Crippen molar-refractivity contribution in [2.75, 3.05) is 5.32 Å². The van der Waals surface area contributed by atoms with E-state index in [1.54, 1.807) is 19.1 Å². The molecule has 1 aliphatic rings. The highest BCUT2D eigenvalue weighted by molar-refractivity contribution is 6.52. The van der Waals surface area contributed by atoms with Crippen molar-refractivity contribution < 1.29 is 34.5 Å². The zero-order valence-corrected chi connectivity index (χ0v) is 15.4. The number of aromatic hydroxyl groups is 1. The van der Waals surface area contributed by atoms with Crippen LogP contribution in [0.1, 0.15) is 27.0 Å². The average molecular weight is 406 g/mol. The number of carboxylic acids is 2. The first-order chi connectivity index (χ1) is 13.1. The number of carbonyl (C=O) groups is 4. The summed E-state index contributed by atoms with van der Waals surface area (Å²) < 4.78 is 0. The fourth-order valence-corrected chi connectivity index (χ4v) is 2.74. The molecule has 0 radical (unpaired) electrons. The number of aryl methyl sites for hydroxylation is 1. The van der Waals surface area contributed by atoms with Crippen LogP contribution in [0, 0.1) is 6.92 Å². The van der Waals surface area contributed by atoms with Gasteiger partial charge in [-0.2, -0.15) is 0 Å². The van der Waals surface area contributed by atoms with Gasteiger partial charge >= 0.3 is 11.9 Å². The number of carbonyl (C=O) groups excluding carboxylic acids is 2. The first-order valence-electron chi connectivity index (χ1n) is 7.98. The smallest absolute Gasteiger partial charge is 0.307 e. The number of rotatable bonds is 4. The Balaban J connectivity index is 0.000000207. The molecule has 0 fully saturated rings. The minimum Gasteiger partial charge on any atom is -0.508 e. The second-order valence-corrected chi connectivity index (χ2v) is 6.46. The van der Waals surface area contributed by atoms with E-state index in [-0.39, 0.29) is 18.6 Å². The van der Waals surface area contributed by atoms with E-state index in [1.807, 2.05) is 0 Å². The van der Waals surface area contributed by atoms with Crippen molar-refractivity contribution in [2.24, 2.45) is 0 Å². The summed E-state index contributed by atoms with van der Waals surface area (Å²) in [7, 11) is 0. The van der Waals surface area contributed by atoms with Gasteiger partial charge in [-0.1, -0.05) is 17.7 Å². The number of benzene rings is 2. The number of hydrogen-bond acceptors (Lipinski definition) is 5. The summed E-state index contributed by atoms with van der Waals surface area (Å²) in [6.45, 7) is 1.68. The fraction of sp³-hybridized carbons (Fsp3) is 0.158. The largest absolute Gasteiger partial charge is 0.508 e. The molecule has 0 aliphatic carbocycles. The first-order valence-corrected chi connectivity index (χ1v) is 8.36. The van der Waals surface area contributed by atoms with E-state index in [9.17, 15) is 24.3 Å². The number of aliphatic carboxylic acids is 2. The number of anilines is 1. The second-order valence-electron chi connectivity index (χ2n) is 6.02. The molecule has 0 spiro atoms. The predicted octanol–water partition coefficient (Wildman–Crippen LogP) is 2.43. The van der Waals surface area contributed by atoms with Gasteiger partial charge in [0.05, 0.1) is 24.1 Å². The molecule has 3 rings (SSSR count). The molecule has 0 saturated carbocycles. The highest BCUT2D eigenvalue weighted by Gasteiger charge is 2.27. The zero-order chi connectivity index (χ0) is 21.0. The zero-order valence-electron chi connectivity index (χ0n) is 14.7. The number of carboxylic acid groups (broad SMARTS) is 2. The monoisotopic (exact) mass is 405 g/mol. The summed E-state index contributed by atoms with van der Waals surface area (Å²) >= 11 is 5.65. The fourth-order valence-electron chi connectivity index (χ4n) is 2.57. The Morgan fingerprint density at radius 2 is 1.61 bits per heavy atom. The van der Waals surface area contributed by atoms with Gasteiger partial charge < -0.3 is 20.6 Å². The standard InChI is InChI=1S/C11H12O5.C8H4ClNO2/c1-6-2-8(5-11(15)16)9(12)3-7(6)4-10(13)14;9-4-1-2-6-5(3-4)7(11)8(12)10-6/h2-3,12H,4-5H2,1H3,(H,13,14)(H,15,16);1-3H,(H,10,11,12). The van der Waals surface area contributed by atoms with Crippen LogP contribution in [0.5, 0.6) is 5.75 Å². The third kappa shape index (κ3) is 5.08. The predicted molar refractivity (Wildman–Crippen MR) is 99.9 cm³/mol. The van der Waals surface area contributed by atoms with Gasteiger partial charge in [0, 0.05) is 10.6 Å². The van der Waals surface area contributed by atoms with Gasteiger partial charge in [0.1, 0.15) is 5.75 Å². The Kier molecular flexibility index (Phi) is 6.37. The lowest BCUT2D eigenvalue weighted by Gasteiger charge is -2.08. The minimum atomic E-state index is -1.04. The van der Waals surface area contributed by atoms with E-state index in [0.717, 1.165) is 0 Å². The molecule has 1 aliphatic heterocycles. The van der Waals surface area contributed by atoms with Gasteiger partial charge in [0.15, 0.2) is 0 Å². The second kappa shape index (κ2) is 8.53. The van der Waals surface area contributed by atoms with Crippen LogP contribution < -0.4 is 5.32 Å². The average Bonchev–Trinajstić information content (AvgIpc) is 2.86. The summed E-state index contributed by atoms with van der Waals surface area (Å²) in [5.41, 5.74) is 2.33. The van der Waals surface area contributed by atoms with E-state index >= 15 is 0 Å². The van der Waals surface area contributed by atoms with Crippen LogP contribution in [0.2, 0.25) is 5.02 Å². The van der Waals surface area contributed by atoms with Crippen molar-refractivity contribution in [2.45, 2.75) is 19.8 Å². The molecule has 2 aromatic rings. The van der Waals surface area contributed by atoms with Gasteiger partial charge in [-0.15, -0.1) is 0 Å². The Bertz CT molecular complexity index is 943. The van der Waals surface area contributed by atoms with Crippen molar-refractivity contribution >= 4 is 40.9 Å². The van der Waals surface area contributed by atoms with E-state index in [4.69, 9.17) is 21.8 Å². The number of Topliss-reactive ketones (excluding diaryl/α,β-unsaturated/α-hetero) is 1. The van der Waals surface area contributed by atoms with Crippen LogP contribution in [-0.2, 0) is 27.2 Å². The molecule has 146 valence electrons. The van der Waals surface area contributed by atoms with Crippen LogP contribution >= 0.6 is 11.6 Å². The van der Waals surface area contributed by atoms with Crippen LogP contribution in [0.4, 0.5) is 5.69 Å². The van der Waals surface area contributed by atoms with Crippen molar-refractivity contribution in [3.05, 3.63) is 57.6 Å². The summed E-state index contributed by atoms with van der Waals surface area (Å²) in [5.74, 6) is -3.32.